The van der Waals surface area contributed by atoms with Crippen LogP contribution in [0.3, 0.4) is 0 Å². The zero-order valence-electron chi connectivity index (χ0n) is 17.0. The Balaban J connectivity index is 1.58. The smallest absolute Gasteiger partial charge is 0.415 e. The summed E-state index contributed by atoms with van der Waals surface area (Å²) in [6, 6.07) is 5.59. The van der Waals surface area contributed by atoms with Gasteiger partial charge in [0.15, 0.2) is 0 Å². The Morgan fingerprint density at radius 1 is 1.17 bits per heavy atom. The van der Waals surface area contributed by atoms with Crippen molar-refractivity contribution in [1.82, 2.24) is 9.80 Å². The number of rotatable bonds is 6. The largest absolute Gasteiger partial charge is 0.480 e. The van der Waals surface area contributed by atoms with Crippen LogP contribution in [0.5, 0.6) is 5.75 Å². The lowest BCUT2D eigenvalue weighted by Gasteiger charge is -2.29. The quantitative estimate of drug-likeness (QED) is 0.719. The molecule has 3 N–H and O–H groups in total. The van der Waals surface area contributed by atoms with Gasteiger partial charge in [0.25, 0.3) is 0 Å². The molecule has 0 aliphatic carbocycles. The minimum atomic E-state index is -1.04. The third-order valence-electron chi connectivity index (χ3n) is 5.87. The molecular formula is C21H27N3O6. The lowest BCUT2D eigenvalue weighted by Crippen LogP contribution is -2.46. The number of aliphatic carboxylic acids is 1. The molecule has 2 atom stereocenters. The molecule has 1 aromatic carbocycles. The predicted molar refractivity (Wildman–Crippen MR) is 107 cm³/mol. The van der Waals surface area contributed by atoms with E-state index in [2.05, 4.69) is 0 Å². The normalized spacial score (nSPS) is 20.8. The van der Waals surface area contributed by atoms with Gasteiger partial charge in [0.2, 0.25) is 11.8 Å². The number of nitrogens with zero attached hydrogens (tertiary/aromatic N) is 2. The van der Waals surface area contributed by atoms with Crippen LogP contribution in [0.2, 0.25) is 0 Å². The molecule has 2 aliphatic heterocycles. The molecule has 3 rings (SSSR count). The number of amides is 3. The predicted octanol–water partition coefficient (Wildman–Crippen LogP) is 1.39. The molecule has 0 saturated carbocycles. The molecule has 162 valence electrons. The number of hydrogen-bond donors (Lipinski definition) is 2. The first-order valence-electron chi connectivity index (χ1n) is 10.1. The number of nitrogens with two attached hydrogens (primary N) is 1. The van der Waals surface area contributed by atoms with Crippen LogP contribution in [-0.4, -0.2) is 64.0 Å². The van der Waals surface area contributed by atoms with Crippen LogP contribution >= 0.6 is 0 Å². The summed E-state index contributed by atoms with van der Waals surface area (Å²) in [5, 5.41) is 9.60. The standard InChI is InChI=1S/C21H27N3O6/c1-13-2-7-18(25)24(13)17(20(27)28)12-14-3-5-16(6-4-14)30-21(29)23-10-8-15(9-11-23)19(22)26/h3-6,13,15,17H,2,7-12H2,1H3,(H2,22,26)(H,27,28). The van der Waals surface area contributed by atoms with Gasteiger partial charge in [0.1, 0.15) is 11.8 Å². The van der Waals surface area contributed by atoms with Gasteiger partial charge >= 0.3 is 12.1 Å². The number of carbonyl (C=O) groups is 4. The summed E-state index contributed by atoms with van der Waals surface area (Å²) in [6.07, 6.45) is 1.76. The SMILES string of the molecule is CC1CCC(=O)N1C(Cc1ccc(OC(=O)N2CCC(C(N)=O)CC2)cc1)C(=O)O. The van der Waals surface area contributed by atoms with Gasteiger partial charge in [-0.1, -0.05) is 12.1 Å². The van der Waals surface area contributed by atoms with Crippen molar-refractivity contribution >= 4 is 23.9 Å². The zero-order valence-corrected chi connectivity index (χ0v) is 17.0. The third kappa shape index (κ3) is 4.90. The molecule has 2 fully saturated rings. The Labute approximate surface area is 174 Å². The van der Waals surface area contributed by atoms with Gasteiger partial charge in [-0.2, -0.15) is 0 Å². The highest BCUT2D eigenvalue weighted by Gasteiger charge is 2.37. The van der Waals surface area contributed by atoms with E-state index in [0.29, 0.717) is 44.5 Å². The van der Waals surface area contributed by atoms with E-state index in [-0.39, 0.29) is 30.2 Å². The molecule has 0 spiro atoms. The Bertz CT molecular complexity index is 817. The van der Waals surface area contributed by atoms with Gasteiger partial charge in [0, 0.05) is 37.9 Å². The number of likely N-dealkylation sites (tertiary alicyclic amines) is 2. The van der Waals surface area contributed by atoms with E-state index in [1.807, 2.05) is 6.92 Å². The van der Waals surface area contributed by atoms with Gasteiger partial charge < -0.3 is 25.4 Å². The van der Waals surface area contributed by atoms with Crippen molar-refractivity contribution in [3.05, 3.63) is 29.8 Å². The Kier molecular flexibility index (Phi) is 6.59. The zero-order chi connectivity index (χ0) is 21.8. The molecule has 30 heavy (non-hydrogen) atoms. The van der Waals surface area contributed by atoms with E-state index in [9.17, 15) is 24.3 Å². The van der Waals surface area contributed by atoms with Gasteiger partial charge in [-0.3, -0.25) is 9.59 Å². The molecule has 0 radical (unpaired) electrons. The number of piperidine rings is 1. The van der Waals surface area contributed by atoms with Crippen LogP contribution in [-0.2, 0) is 20.8 Å². The maximum absolute atomic E-state index is 12.3. The molecule has 2 aliphatic rings. The minimum Gasteiger partial charge on any atom is -0.480 e. The molecule has 9 heteroatoms. The molecule has 2 heterocycles. The second-order valence-electron chi connectivity index (χ2n) is 7.92. The van der Waals surface area contributed by atoms with Crippen molar-refractivity contribution in [1.29, 1.82) is 0 Å². The van der Waals surface area contributed by atoms with Crippen molar-refractivity contribution in [2.75, 3.05) is 13.1 Å². The summed E-state index contributed by atoms with van der Waals surface area (Å²) in [4.78, 5) is 50.3. The number of benzene rings is 1. The number of ether oxygens (including phenoxy) is 1. The Morgan fingerprint density at radius 3 is 2.30 bits per heavy atom. The number of carboxylic acids is 1. The van der Waals surface area contributed by atoms with Gasteiger partial charge in [-0.25, -0.2) is 9.59 Å². The molecule has 1 aromatic rings. The third-order valence-corrected chi connectivity index (χ3v) is 5.87. The van der Waals surface area contributed by atoms with Crippen LogP contribution in [0.25, 0.3) is 0 Å². The number of carbonyl (C=O) groups excluding carboxylic acids is 3. The Morgan fingerprint density at radius 2 is 1.80 bits per heavy atom. The molecule has 3 amide bonds. The summed E-state index contributed by atoms with van der Waals surface area (Å²) in [7, 11) is 0. The molecular weight excluding hydrogens is 390 g/mol. The van der Waals surface area contributed by atoms with E-state index < -0.39 is 18.1 Å². The fraction of sp³-hybridized carbons (Fsp3) is 0.524. The molecule has 2 saturated heterocycles. The first kappa shape index (κ1) is 21.6. The fourth-order valence-corrected chi connectivity index (χ4v) is 4.06. The summed E-state index contributed by atoms with van der Waals surface area (Å²) in [5.74, 6) is -1.38. The van der Waals surface area contributed by atoms with Crippen molar-refractivity contribution < 1.29 is 29.0 Å². The van der Waals surface area contributed by atoms with Crippen LogP contribution in [0.4, 0.5) is 4.79 Å². The van der Waals surface area contributed by atoms with Crippen LogP contribution in [0.1, 0.15) is 38.2 Å². The van der Waals surface area contributed by atoms with Gasteiger partial charge in [-0.15, -0.1) is 0 Å². The van der Waals surface area contributed by atoms with Crippen LogP contribution < -0.4 is 10.5 Å². The van der Waals surface area contributed by atoms with E-state index in [4.69, 9.17) is 10.5 Å². The van der Waals surface area contributed by atoms with Crippen LogP contribution in [0.15, 0.2) is 24.3 Å². The summed E-state index contributed by atoms with van der Waals surface area (Å²) >= 11 is 0. The van der Waals surface area contributed by atoms with E-state index in [1.54, 1.807) is 24.3 Å². The van der Waals surface area contributed by atoms with Crippen LogP contribution in [0, 0.1) is 5.92 Å². The number of primary amides is 1. The first-order chi connectivity index (χ1) is 14.3. The molecule has 0 aromatic heterocycles. The van der Waals surface area contributed by atoms with E-state index in [0.717, 1.165) is 5.56 Å². The number of carboxylic acid groups (broad SMARTS) is 1. The second-order valence-corrected chi connectivity index (χ2v) is 7.92. The Hall–Kier alpha value is -3.10. The lowest BCUT2D eigenvalue weighted by molar-refractivity contribution is -0.149. The van der Waals surface area contributed by atoms with Crippen molar-refractivity contribution in [2.24, 2.45) is 11.7 Å². The van der Waals surface area contributed by atoms with E-state index in [1.165, 1.54) is 9.80 Å². The van der Waals surface area contributed by atoms with Crippen molar-refractivity contribution in [3.63, 3.8) is 0 Å². The molecule has 0 bridgehead atoms. The highest BCUT2D eigenvalue weighted by Crippen LogP contribution is 2.24. The van der Waals surface area contributed by atoms with Gasteiger partial charge in [-0.05, 0) is 43.9 Å². The molecule has 9 nitrogen and oxygen atoms in total. The summed E-state index contributed by atoms with van der Waals surface area (Å²) in [5.41, 5.74) is 6.04. The maximum atomic E-state index is 12.3. The fourth-order valence-electron chi connectivity index (χ4n) is 4.06. The minimum absolute atomic E-state index is 0.0995. The monoisotopic (exact) mass is 417 g/mol. The highest BCUT2D eigenvalue weighted by molar-refractivity contribution is 5.85. The van der Waals surface area contributed by atoms with Crippen molar-refractivity contribution in [2.45, 2.75) is 51.1 Å². The van der Waals surface area contributed by atoms with E-state index >= 15 is 0 Å². The lowest BCUT2D eigenvalue weighted by atomic mass is 9.97. The topological polar surface area (TPSA) is 130 Å². The highest BCUT2D eigenvalue weighted by atomic mass is 16.6. The van der Waals surface area contributed by atoms with Crippen molar-refractivity contribution in [3.8, 4) is 5.75 Å². The average molecular weight is 417 g/mol. The average Bonchev–Trinajstić information content (AvgIpc) is 3.05. The number of hydrogen-bond acceptors (Lipinski definition) is 5. The second kappa shape index (κ2) is 9.15. The first-order valence-corrected chi connectivity index (χ1v) is 10.1. The summed E-state index contributed by atoms with van der Waals surface area (Å²) in [6.45, 7) is 2.68. The maximum Gasteiger partial charge on any atom is 0.415 e. The summed E-state index contributed by atoms with van der Waals surface area (Å²) < 4.78 is 5.38. The molecule has 2 unspecified atom stereocenters. The van der Waals surface area contributed by atoms with Gasteiger partial charge in [0.05, 0.1) is 0 Å².